The maximum Gasteiger partial charge on any atom is 0.0541 e. The van der Waals surface area contributed by atoms with Crippen LogP contribution in [0.25, 0.3) is 124 Å². The molecule has 2 aromatic heterocycles. The highest BCUT2D eigenvalue weighted by molar-refractivity contribution is 7.27. The van der Waals surface area contributed by atoms with Crippen LogP contribution in [0.3, 0.4) is 0 Å². The van der Waals surface area contributed by atoms with Gasteiger partial charge < -0.3 is 9.47 Å². The van der Waals surface area contributed by atoms with E-state index in [4.69, 9.17) is 0 Å². The van der Waals surface area contributed by atoms with Crippen molar-refractivity contribution in [1.29, 1.82) is 0 Å². The highest BCUT2D eigenvalue weighted by Gasteiger charge is 2.19. The van der Waals surface area contributed by atoms with Gasteiger partial charge in [0.1, 0.15) is 0 Å². The first kappa shape index (κ1) is 43.1. The second-order valence-corrected chi connectivity index (χ2v) is 20.6. The molecule has 0 fully saturated rings. The van der Waals surface area contributed by atoms with Crippen molar-refractivity contribution < 1.29 is 0 Å². The number of fused-ring (bicyclic) bond motifs is 11. The molecule has 75 heavy (non-hydrogen) atoms. The molecule has 15 rings (SSSR count). The first-order valence-corrected chi connectivity index (χ1v) is 26.5. The molecule has 0 spiro atoms. The summed E-state index contributed by atoms with van der Waals surface area (Å²) in [6.45, 7) is 0. The average Bonchev–Trinajstić information content (AvgIpc) is 4.04. The van der Waals surface area contributed by atoms with E-state index in [-0.39, 0.29) is 0 Å². The van der Waals surface area contributed by atoms with Crippen molar-refractivity contribution in [2.75, 3.05) is 4.90 Å². The lowest BCUT2D eigenvalue weighted by atomic mass is 9.95. The van der Waals surface area contributed by atoms with Crippen LogP contribution in [0.15, 0.2) is 279 Å². The Kier molecular flexibility index (Phi) is 10.1. The van der Waals surface area contributed by atoms with Crippen LogP contribution in [-0.4, -0.2) is 4.57 Å². The summed E-state index contributed by atoms with van der Waals surface area (Å²) in [6.07, 6.45) is 0. The SMILES string of the molecule is c1cc(-c2ccc(N(c3ccc(-c4ccccc4-n4c5ccccc5c5ccccc54)cc3)c3ccc(-c4cccc5c4sc4c6ccccc6ccc54)cc3)cc2)cc(-c2ccc3c(ccc4ccccc43)c2)c1. The first-order valence-electron chi connectivity index (χ1n) is 25.7. The fourth-order valence-electron chi connectivity index (χ4n) is 11.7. The van der Waals surface area contributed by atoms with E-state index >= 15 is 0 Å². The van der Waals surface area contributed by atoms with Crippen LogP contribution < -0.4 is 4.90 Å². The standard InChI is InChI=1S/C72H46N2S/c1-3-17-59-48(13-1)27-28-55-46-54(36-43-60(55)59)53-16-11-15-52(45-53)47-29-37-56(38-30-47)73(58-41-33-51(34-42-58)63-22-12-23-66-67-44-35-49-14-2-4-19-62(49)72(67)75-71(63)66)57-39-31-50(32-40-57)61-18-5-8-24-68(61)74-69-25-9-6-20-64(69)65-21-7-10-26-70(65)74/h1-46H. The van der Waals surface area contributed by atoms with Crippen molar-refractivity contribution in [3.8, 4) is 50.2 Å². The zero-order valence-electron chi connectivity index (χ0n) is 40.9. The number of nitrogens with zero attached hydrogens (tertiary/aromatic N) is 2. The number of rotatable bonds is 8. The molecule has 0 aliphatic carbocycles. The van der Waals surface area contributed by atoms with E-state index in [9.17, 15) is 0 Å². The van der Waals surface area contributed by atoms with E-state index in [0.29, 0.717) is 0 Å². The molecule has 0 saturated heterocycles. The second kappa shape index (κ2) is 17.6. The summed E-state index contributed by atoms with van der Waals surface area (Å²) in [5.74, 6) is 0. The molecular formula is C72H46N2S. The zero-order chi connectivity index (χ0) is 49.4. The predicted octanol–water partition coefficient (Wildman–Crippen LogP) is 20.7. The van der Waals surface area contributed by atoms with E-state index in [1.165, 1.54) is 113 Å². The molecule has 13 aromatic carbocycles. The van der Waals surface area contributed by atoms with Gasteiger partial charge in [0.25, 0.3) is 0 Å². The van der Waals surface area contributed by atoms with Crippen molar-refractivity contribution >= 4 is 103 Å². The van der Waals surface area contributed by atoms with Gasteiger partial charge in [-0.1, -0.05) is 212 Å². The molecule has 15 aromatic rings. The Balaban J connectivity index is 0.811. The molecule has 0 N–H and O–H groups in total. The number of aromatic nitrogens is 1. The lowest BCUT2D eigenvalue weighted by molar-refractivity contribution is 1.18. The third-order valence-electron chi connectivity index (χ3n) is 15.4. The highest BCUT2D eigenvalue weighted by Crippen LogP contribution is 2.45. The Bertz CT molecular complexity index is 4640. The summed E-state index contributed by atoms with van der Waals surface area (Å²) in [5.41, 5.74) is 16.4. The topological polar surface area (TPSA) is 8.17 Å². The summed E-state index contributed by atoms with van der Waals surface area (Å²) >= 11 is 1.90. The number of hydrogen-bond acceptors (Lipinski definition) is 2. The number of benzene rings is 13. The van der Waals surface area contributed by atoms with Crippen molar-refractivity contribution in [3.63, 3.8) is 0 Å². The van der Waals surface area contributed by atoms with Crippen LogP contribution in [0.2, 0.25) is 0 Å². The molecule has 350 valence electrons. The van der Waals surface area contributed by atoms with Gasteiger partial charge in [0.05, 0.1) is 16.7 Å². The van der Waals surface area contributed by atoms with E-state index in [1.807, 2.05) is 11.3 Å². The number of thiophene rings is 1. The fraction of sp³-hybridized carbons (Fsp3) is 0. The van der Waals surface area contributed by atoms with Gasteiger partial charge in [0.2, 0.25) is 0 Å². The van der Waals surface area contributed by atoms with Gasteiger partial charge in [-0.25, -0.2) is 0 Å². The summed E-state index contributed by atoms with van der Waals surface area (Å²) < 4.78 is 5.08. The molecule has 0 amide bonds. The molecule has 2 heterocycles. The molecule has 0 aliphatic heterocycles. The Morgan fingerprint density at radius 1 is 0.253 bits per heavy atom. The maximum atomic E-state index is 2.42. The minimum Gasteiger partial charge on any atom is -0.311 e. The lowest BCUT2D eigenvalue weighted by Crippen LogP contribution is -2.09. The van der Waals surface area contributed by atoms with Crippen LogP contribution in [0, 0.1) is 0 Å². The van der Waals surface area contributed by atoms with Gasteiger partial charge in [0.15, 0.2) is 0 Å². The lowest BCUT2D eigenvalue weighted by Gasteiger charge is -2.26. The molecule has 0 saturated carbocycles. The summed E-state index contributed by atoms with van der Waals surface area (Å²) in [7, 11) is 0. The van der Waals surface area contributed by atoms with Crippen LogP contribution in [0.5, 0.6) is 0 Å². The molecule has 0 bridgehead atoms. The van der Waals surface area contributed by atoms with Gasteiger partial charge >= 0.3 is 0 Å². The molecule has 0 radical (unpaired) electrons. The van der Waals surface area contributed by atoms with Crippen LogP contribution in [0.1, 0.15) is 0 Å². The van der Waals surface area contributed by atoms with Crippen molar-refractivity contribution in [2.45, 2.75) is 0 Å². The number of para-hydroxylation sites is 3. The molecular weight excluding hydrogens is 925 g/mol. The minimum atomic E-state index is 1.08. The Morgan fingerprint density at radius 2 is 0.693 bits per heavy atom. The van der Waals surface area contributed by atoms with Crippen molar-refractivity contribution in [2.24, 2.45) is 0 Å². The van der Waals surface area contributed by atoms with Gasteiger partial charge in [-0.3, -0.25) is 0 Å². The monoisotopic (exact) mass is 970 g/mol. The predicted molar refractivity (Wildman–Crippen MR) is 323 cm³/mol. The van der Waals surface area contributed by atoms with Gasteiger partial charge in [0, 0.05) is 53.6 Å². The summed E-state index contributed by atoms with van der Waals surface area (Å²) in [5, 5.41) is 12.8. The van der Waals surface area contributed by atoms with Gasteiger partial charge in [-0.15, -0.1) is 11.3 Å². The number of anilines is 3. The summed E-state index contributed by atoms with van der Waals surface area (Å²) in [6, 6.07) is 103. The average molecular weight is 971 g/mol. The Hall–Kier alpha value is -9.54. The fourth-order valence-corrected chi connectivity index (χ4v) is 13.1. The van der Waals surface area contributed by atoms with E-state index in [2.05, 4.69) is 289 Å². The molecule has 3 heteroatoms. The third kappa shape index (κ3) is 7.23. The van der Waals surface area contributed by atoms with Gasteiger partial charge in [-0.2, -0.15) is 0 Å². The van der Waals surface area contributed by atoms with E-state index < -0.39 is 0 Å². The second-order valence-electron chi connectivity index (χ2n) is 19.6. The molecule has 2 nitrogen and oxygen atoms in total. The molecule has 0 atom stereocenters. The summed E-state index contributed by atoms with van der Waals surface area (Å²) in [4.78, 5) is 2.39. The largest absolute Gasteiger partial charge is 0.311 e. The maximum absolute atomic E-state index is 2.42. The Labute approximate surface area is 438 Å². The quantitative estimate of drug-likeness (QED) is 0.138. The van der Waals surface area contributed by atoms with E-state index in [1.54, 1.807) is 0 Å². The van der Waals surface area contributed by atoms with Crippen molar-refractivity contribution in [1.82, 2.24) is 4.57 Å². The third-order valence-corrected chi connectivity index (χ3v) is 16.7. The minimum absolute atomic E-state index is 1.08. The number of hydrogen-bond donors (Lipinski definition) is 0. The zero-order valence-corrected chi connectivity index (χ0v) is 41.7. The van der Waals surface area contributed by atoms with Gasteiger partial charge in [-0.05, 0) is 138 Å². The Morgan fingerprint density at radius 3 is 1.40 bits per heavy atom. The molecule has 0 aliphatic rings. The van der Waals surface area contributed by atoms with Crippen LogP contribution in [-0.2, 0) is 0 Å². The van der Waals surface area contributed by atoms with Crippen LogP contribution in [0.4, 0.5) is 17.1 Å². The smallest absolute Gasteiger partial charge is 0.0541 e. The van der Waals surface area contributed by atoms with Crippen molar-refractivity contribution in [3.05, 3.63) is 279 Å². The normalized spacial score (nSPS) is 11.7. The van der Waals surface area contributed by atoms with Crippen LogP contribution >= 0.6 is 11.3 Å². The highest BCUT2D eigenvalue weighted by atomic mass is 32.1. The van der Waals surface area contributed by atoms with E-state index in [0.717, 1.165) is 28.3 Å². The first-order chi connectivity index (χ1) is 37.2. The molecule has 0 unspecified atom stereocenters.